The van der Waals surface area contributed by atoms with Crippen molar-refractivity contribution >= 4 is 11.3 Å². The molecule has 0 atom stereocenters. The molecular formula is C9H8S. The topological polar surface area (TPSA) is 0 Å². The molecule has 0 aliphatic rings. The maximum Gasteiger partial charge on any atom is 0 e. The molecule has 0 saturated carbocycles. The highest BCUT2D eigenvalue weighted by molar-refractivity contribution is 7.07. The fraction of sp³-hybridized carbons (Fsp3) is 0. The predicted octanol–water partition coefficient (Wildman–Crippen LogP) is 2.95. The van der Waals surface area contributed by atoms with E-state index >= 15 is 0 Å². The van der Waals surface area contributed by atoms with Crippen molar-refractivity contribution < 1.29 is 0 Å². The van der Waals surface area contributed by atoms with Gasteiger partial charge in [-0.2, -0.15) is 11.3 Å². The largest absolute Gasteiger partial charge is 0.152 e. The van der Waals surface area contributed by atoms with E-state index < -0.39 is 0 Å². The molecule has 0 spiro atoms. The molecule has 0 N–H and O–H groups in total. The highest BCUT2D eigenvalue weighted by Crippen LogP contribution is 1.88. The Kier molecular flexibility index (Phi) is 5.79. The molecule has 0 saturated heterocycles. The van der Waals surface area contributed by atoms with Gasteiger partial charge in [0.2, 0.25) is 0 Å². The van der Waals surface area contributed by atoms with Crippen LogP contribution in [0.25, 0.3) is 0 Å². The van der Waals surface area contributed by atoms with Crippen LogP contribution >= 0.6 is 11.3 Å². The van der Waals surface area contributed by atoms with Crippen molar-refractivity contribution in [3.63, 3.8) is 0 Å². The van der Waals surface area contributed by atoms with E-state index in [-0.39, 0.29) is 7.43 Å². The lowest BCUT2D eigenvalue weighted by atomic mass is 10.5. The summed E-state index contributed by atoms with van der Waals surface area (Å²) in [4.78, 5) is 0. The third-order valence-electron chi connectivity index (χ3n) is 0.870. The van der Waals surface area contributed by atoms with Crippen molar-refractivity contribution in [3.8, 4) is 0 Å². The molecule has 1 rings (SSSR count). The molecule has 1 heterocycles. The van der Waals surface area contributed by atoms with Gasteiger partial charge in [0, 0.05) is 7.43 Å². The van der Waals surface area contributed by atoms with Crippen molar-refractivity contribution in [2.24, 2.45) is 0 Å². The van der Waals surface area contributed by atoms with Crippen molar-refractivity contribution in [1.82, 2.24) is 0 Å². The fourth-order valence-electron chi connectivity index (χ4n) is 0.483. The molecule has 0 amide bonds. The third-order valence-corrected chi connectivity index (χ3v) is 1.50. The highest BCUT2D eigenvalue weighted by Gasteiger charge is 1.58. The van der Waals surface area contributed by atoms with Gasteiger partial charge in [0.25, 0.3) is 0 Å². The van der Waals surface area contributed by atoms with E-state index in [0.717, 1.165) is 0 Å². The maximum absolute atomic E-state index is 2.04. The molecule has 0 bridgehead atoms. The quantitative estimate of drug-likeness (QED) is 0.530. The monoisotopic (exact) mass is 148 g/mol. The Hall–Kier alpha value is -0.820. The molecule has 4 radical (unpaired) electrons. The molecule has 50 valence electrons. The third kappa shape index (κ3) is 4.10. The smallest absolute Gasteiger partial charge is 0 e. The zero-order chi connectivity index (χ0) is 6.36. The predicted molar refractivity (Wildman–Crippen MR) is 45.2 cm³/mol. The second-order valence-corrected chi connectivity index (χ2v) is 2.38. The van der Waals surface area contributed by atoms with E-state index in [1.54, 1.807) is 11.3 Å². The lowest BCUT2D eigenvalue weighted by Crippen LogP contribution is -1.38. The second kappa shape index (κ2) is 6.30. The van der Waals surface area contributed by atoms with Gasteiger partial charge in [-0.05, 0) is 10.8 Å². The van der Waals surface area contributed by atoms with Crippen LogP contribution in [-0.4, -0.2) is 0 Å². The summed E-state index contributed by atoms with van der Waals surface area (Å²) >= 11 is 1.68. The molecule has 1 aromatic rings. The van der Waals surface area contributed by atoms with Gasteiger partial charge < -0.3 is 0 Å². The van der Waals surface area contributed by atoms with Gasteiger partial charge in [0.1, 0.15) is 0 Å². The molecule has 0 aliphatic heterocycles. The van der Waals surface area contributed by atoms with Gasteiger partial charge in [-0.25, -0.2) is 0 Å². The minimum atomic E-state index is 0. The summed E-state index contributed by atoms with van der Waals surface area (Å²) in [7, 11) is 0. The molecule has 0 nitrogen and oxygen atoms in total. The van der Waals surface area contributed by atoms with Crippen LogP contribution in [0.2, 0.25) is 0 Å². The standard InChI is InChI=1S/C8H8S.C/c1-2-4-6-8-9-7-5-3-1;/h1-8H;. The minimum absolute atomic E-state index is 0. The van der Waals surface area contributed by atoms with Crippen LogP contribution < -0.4 is 0 Å². The fourth-order valence-corrected chi connectivity index (χ4v) is 0.937. The van der Waals surface area contributed by atoms with Crippen LogP contribution in [0.4, 0.5) is 0 Å². The van der Waals surface area contributed by atoms with Gasteiger partial charge in [0.15, 0.2) is 0 Å². The Bertz CT molecular complexity index is 126. The summed E-state index contributed by atoms with van der Waals surface area (Å²) in [5, 5.41) is 4.08. The van der Waals surface area contributed by atoms with E-state index in [0.29, 0.717) is 0 Å². The summed E-state index contributed by atoms with van der Waals surface area (Å²) in [6.07, 6.45) is 0. The Labute approximate surface area is 66.5 Å². The zero-order valence-corrected chi connectivity index (χ0v) is 6.34. The second-order valence-electron chi connectivity index (χ2n) is 1.56. The Balaban J connectivity index is 0.000000810. The molecular weight excluding hydrogens is 140 g/mol. The zero-order valence-electron chi connectivity index (χ0n) is 5.53. The minimum Gasteiger partial charge on any atom is -0.152 e. The van der Waals surface area contributed by atoms with E-state index in [2.05, 4.69) is 0 Å². The van der Waals surface area contributed by atoms with Crippen molar-refractivity contribution in [3.05, 3.63) is 54.6 Å². The lowest BCUT2D eigenvalue weighted by molar-refractivity contribution is 1.82. The lowest BCUT2D eigenvalue weighted by Gasteiger charge is -1.59. The van der Waals surface area contributed by atoms with Crippen LogP contribution in [-0.2, 0) is 0 Å². The van der Waals surface area contributed by atoms with E-state index in [1.165, 1.54) is 0 Å². The Morgan fingerprint density at radius 1 is 0.600 bits per heavy atom. The van der Waals surface area contributed by atoms with Gasteiger partial charge >= 0.3 is 0 Å². The van der Waals surface area contributed by atoms with Crippen LogP contribution in [0.3, 0.4) is 0 Å². The summed E-state index contributed by atoms with van der Waals surface area (Å²) in [5.74, 6) is 0. The molecule has 0 fully saturated rings. The van der Waals surface area contributed by atoms with Gasteiger partial charge in [-0.15, -0.1) is 0 Å². The van der Waals surface area contributed by atoms with Crippen LogP contribution in [0.15, 0.2) is 47.2 Å². The van der Waals surface area contributed by atoms with E-state index in [9.17, 15) is 0 Å². The Morgan fingerprint density at radius 2 is 1.00 bits per heavy atom. The first-order valence-electron chi connectivity index (χ1n) is 2.80. The number of hydrogen-bond acceptors (Lipinski definition) is 1. The summed E-state index contributed by atoms with van der Waals surface area (Å²) in [6, 6.07) is 12.1. The SMILES string of the molecule is [C].c1ccccsccc1. The van der Waals surface area contributed by atoms with E-state index in [1.807, 2.05) is 47.2 Å². The van der Waals surface area contributed by atoms with Crippen LogP contribution in [0.5, 0.6) is 0 Å². The summed E-state index contributed by atoms with van der Waals surface area (Å²) < 4.78 is 0. The summed E-state index contributed by atoms with van der Waals surface area (Å²) in [5.41, 5.74) is 0. The molecule has 1 aromatic heterocycles. The van der Waals surface area contributed by atoms with Crippen LogP contribution in [0, 0.1) is 7.43 Å². The first-order chi connectivity index (χ1) is 4.50. The average Bonchev–Trinajstić information content (AvgIpc) is 2.00. The first kappa shape index (κ1) is 9.18. The first-order valence-corrected chi connectivity index (χ1v) is 3.75. The van der Waals surface area contributed by atoms with Gasteiger partial charge in [-0.1, -0.05) is 36.4 Å². The molecule has 0 aromatic carbocycles. The van der Waals surface area contributed by atoms with Crippen molar-refractivity contribution in [2.45, 2.75) is 0 Å². The maximum atomic E-state index is 2.04. The van der Waals surface area contributed by atoms with Crippen LogP contribution in [0.1, 0.15) is 0 Å². The number of hydrogen-bond donors (Lipinski definition) is 0. The molecule has 1 heteroatoms. The normalized spacial score (nSPS) is 7.20. The molecule has 0 unspecified atom stereocenters. The molecule has 0 aliphatic carbocycles. The average molecular weight is 148 g/mol. The van der Waals surface area contributed by atoms with Gasteiger partial charge in [0.05, 0.1) is 0 Å². The van der Waals surface area contributed by atoms with E-state index in [4.69, 9.17) is 0 Å². The Morgan fingerprint density at radius 3 is 1.50 bits per heavy atom. The van der Waals surface area contributed by atoms with Crippen molar-refractivity contribution in [2.75, 3.05) is 0 Å². The molecule has 10 heavy (non-hydrogen) atoms. The number of rotatable bonds is 0. The van der Waals surface area contributed by atoms with Gasteiger partial charge in [-0.3, -0.25) is 0 Å². The highest BCUT2D eigenvalue weighted by atomic mass is 32.1. The summed E-state index contributed by atoms with van der Waals surface area (Å²) in [6.45, 7) is 0. The van der Waals surface area contributed by atoms with Crippen molar-refractivity contribution in [1.29, 1.82) is 0 Å².